The van der Waals surface area contributed by atoms with Gasteiger partial charge in [-0.3, -0.25) is 0 Å². The van der Waals surface area contributed by atoms with Gasteiger partial charge in [-0.05, 0) is 24.6 Å². The first kappa shape index (κ1) is 16.1. The van der Waals surface area contributed by atoms with Crippen molar-refractivity contribution in [2.45, 2.75) is 13.5 Å². The molecule has 0 unspecified atom stereocenters. The number of hydrogen-bond donors (Lipinski definition) is 2. The molecule has 0 fully saturated rings. The molecule has 3 aromatic rings. The van der Waals surface area contributed by atoms with Crippen LogP contribution in [0.5, 0.6) is 0 Å². The van der Waals surface area contributed by atoms with Gasteiger partial charge in [0.25, 0.3) is 0 Å². The van der Waals surface area contributed by atoms with Gasteiger partial charge in [0.15, 0.2) is 0 Å². The van der Waals surface area contributed by atoms with Crippen LogP contribution >= 0.6 is 0 Å². The third kappa shape index (κ3) is 3.41. The van der Waals surface area contributed by atoms with E-state index in [1.165, 1.54) is 0 Å². The maximum Gasteiger partial charge on any atom is 0.323 e. The zero-order valence-electron chi connectivity index (χ0n) is 13.9. The zero-order valence-corrected chi connectivity index (χ0v) is 13.9. The molecular formula is C19H21N3O2. The van der Waals surface area contributed by atoms with Gasteiger partial charge in [0.1, 0.15) is 0 Å². The highest BCUT2D eigenvalue weighted by molar-refractivity contribution is 6.06. The van der Waals surface area contributed by atoms with Gasteiger partial charge in [-0.2, -0.15) is 0 Å². The molecule has 0 bridgehead atoms. The van der Waals surface area contributed by atoms with Crippen LogP contribution in [0, 0.1) is 6.92 Å². The molecule has 5 nitrogen and oxygen atoms in total. The summed E-state index contributed by atoms with van der Waals surface area (Å²) in [5, 5.41) is 6.85. The van der Waals surface area contributed by atoms with Gasteiger partial charge >= 0.3 is 6.03 Å². The van der Waals surface area contributed by atoms with Crippen molar-refractivity contribution in [3.05, 3.63) is 60.3 Å². The molecule has 2 amide bonds. The Labute approximate surface area is 141 Å². The van der Waals surface area contributed by atoms with Gasteiger partial charge in [0.05, 0.1) is 17.8 Å². The molecule has 0 radical (unpaired) electrons. The number of nitrogens with zero attached hydrogens (tertiary/aromatic N) is 1. The maximum atomic E-state index is 12.3. The lowest BCUT2D eigenvalue weighted by atomic mass is 10.2. The van der Waals surface area contributed by atoms with E-state index in [-0.39, 0.29) is 6.03 Å². The van der Waals surface area contributed by atoms with E-state index in [2.05, 4.69) is 15.2 Å². The minimum atomic E-state index is -0.251. The molecule has 124 valence electrons. The third-order valence-electron chi connectivity index (χ3n) is 3.97. The first-order chi connectivity index (χ1) is 11.7. The SMILES string of the molecule is COCCn1cc(NC(=O)Nc2ccccc2C)c2ccccc21. The zero-order chi connectivity index (χ0) is 16.9. The Hall–Kier alpha value is -2.79. The van der Waals surface area contributed by atoms with Gasteiger partial charge in [-0.15, -0.1) is 0 Å². The summed E-state index contributed by atoms with van der Waals surface area (Å²) in [5.74, 6) is 0. The van der Waals surface area contributed by atoms with Crippen LogP contribution in [0.4, 0.5) is 16.2 Å². The molecule has 24 heavy (non-hydrogen) atoms. The summed E-state index contributed by atoms with van der Waals surface area (Å²) in [7, 11) is 1.68. The Kier molecular flexibility index (Phi) is 4.82. The number of methoxy groups -OCH3 is 1. The van der Waals surface area contributed by atoms with E-state index in [4.69, 9.17) is 4.74 Å². The number of anilines is 2. The van der Waals surface area contributed by atoms with Crippen molar-refractivity contribution in [2.75, 3.05) is 24.4 Å². The summed E-state index contributed by atoms with van der Waals surface area (Å²) in [6, 6.07) is 15.4. The van der Waals surface area contributed by atoms with Crippen molar-refractivity contribution < 1.29 is 9.53 Å². The molecule has 2 aromatic carbocycles. The standard InChI is InChI=1S/C19H21N3O2/c1-14-7-3-5-9-16(14)20-19(23)21-17-13-22(11-12-24-2)18-10-6-4-8-15(17)18/h3-10,13H,11-12H2,1-2H3,(H2,20,21,23). The predicted octanol–water partition coefficient (Wildman–Crippen LogP) is 4.24. The fraction of sp³-hybridized carbons (Fsp3) is 0.211. The molecular weight excluding hydrogens is 302 g/mol. The van der Waals surface area contributed by atoms with Gasteiger partial charge < -0.3 is 19.9 Å². The lowest BCUT2D eigenvalue weighted by molar-refractivity contribution is 0.188. The maximum absolute atomic E-state index is 12.3. The van der Waals surface area contributed by atoms with Crippen LogP contribution in [0.1, 0.15) is 5.56 Å². The van der Waals surface area contributed by atoms with Crippen LogP contribution in [0.2, 0.25) is 0 Å². The first-order valence-electron chi connectivity index (χ1n) is 7.89. The molecule has 0 saturated carbocycles. The Balaban J connectivity index is 1.82. The molecule has 0 atom stereocenters. The number of para-hydroxylation sites is 2. The van der Waals surface area contributed by atoms with Gasteiger partial charge in [-0.25, -0.2) is 4.79 Å². The summed E-state index contributed by atoms with van der Waals surface area (Å²) in [5.41, 5.74) is 3.68. The molecule has 0 aliphatic rings. The smallest absolute Gasteiger partial charge is 0.323 e. The van der Waals surface area contributed by atoms with Crippen molar-refractivity contribution >= 4 is 28.3 Å². The monoisotopic (exact) mass is 323 g/mol. The second-order valence-corrected chi connectivity index (χ2v) is 5.64. The van der Waals surface area contributed by atoms with Crippen LogP contribution < -0.4 is 10.6 Å². The number of carbonyl (C=O) groups excluding carboxylic acids is 1. The van der Waals surface area contributed by atoms with Crippen molar-refractivity contribution in [3.63, 3.8) is 0 Å². The number of aryl methyl sites for hydroxylation is 1. The van der Waals surface area contributed by atoms with Crippen molar-refractivity contribution in [1.82, 2.24) is 4.57 Å². The van der Waals surface area contributed by atoms with Gasteiger partial charge in [0.2, 0.25) is 0 Å². The van der Waals surface area contributed by atoms with Crippen LogP contribution in [-0.2, 0) is 11.3 Å². The predicted molar refractivity (Wildman–Crippen MR) is 97.6 cm³/mol. The second kappa shape index (κ2) is 7.19. The number of benzene rings is 2. The Morgan fingerprint density at radius 2 is 1.75 bits per heavy atom. The molecule has 2 N–H and O–H groups in total. The van der Waals surface area contributed by atoms with E-state index in [1.54, 1.807) is 7.11 Å². The lowest BCUT2D eigenvalue weighted by Gasteiger charge is -2.09. The van der Waals surface area contributed by atoms with Gasteiger partial charge in [-0.1, -0.05) is 36.4 Å². The Bertz CT molecular complexity index is 855. The highest BCUT2D eigenvalue weighted by atomic mass is 16.5. The van der Waals surface area contributed by atoms with E-state index in [0.29, 0.717) is 6.61 Å². The number of urea groups is 1. The third-order valence-corrected chi connectivity index (χ3v) is 3.97. The van der Waals surface area contributed by atoms with Crippen molar-refractivity contribution in [3.8, 4) is 0 Å². The topological polar surface area (TPSA) is 55.3 Å². The molecule has 1 aromatic heterocycles. The Morgan fingerprint density at radius 1 is 1.04 bits per heavy atom. The average molecular weight is 323 g/mol. The molecule has 0 aliphatic heterocycles. The summed E-state index contributed by atoms with van der Waals surface area (Å²) in [6.07, 6.45) is 1.95. The highest BCUT2D eigenvalue weighted by Crippen LogP contribution is 2.26. The van der Waals surface area contributed by atoms with E-state index in [1.807, 2.05) is 61.7 Å². The molecule has 0 aliphatic carbocycles. The molecule has 1 heterocycles. The lowest BCUT2D eigenvalue weighted by Crippen LogP contribution is -2.19. The minimum Gasteiger partial charge on any atom is -0.383 e. The average Bonchev–Trinajstić information content (AvgIpc) is 2.93. The van der Waals surface area contributed by atoms with E-state index in [9.17, 15) is 4.79 Å². The first-order valence-corrected chi connectivity index (χ1v) is 7.89. The Morgan fingerprint density at radius 3 is 2.54 bits per heavy atom. The van der Waals surface area contributed by atoms with Crippen LogP contribution in [0.15, 0.2) is 54.7 Å². The summed E-state index contributed by atoms with van der Waals surface area (Å²) < 4.78 is 7.24. The van der Waals surface area contributed by atoms with E-state index >= 15 is 0 Å². The number of aromatic nitrogens is 1. The van der Waals surface area contributed by atoms with Crippen LogP contribution in [0.3, 0.4) is 0 Å². The normalized spacial score (nSPS) is 10.8. The number of hydrogen-bond acceptors (Lipinski definition) is 2. The minimum absolute atomic E-state index is 0.251. The number of carbonyl (C=O) groups is 1. The fourth-order valence-corrected chi connectivity index (χ4v) is 2.71. The second-order valence-electron chi connectivity index (χ2n) is 5.64. The summed E-state index contributed by atoms with van der Waals surface area (Å²) >= 11 is 0. The quantitative estimate of drug-likeness (QED) is 0.738. The molecule has 5 heteroatoms. The van der Waals surface area contributed by atoms with Crippen LogP contribution in [0.25, 0.3) is 10.9 Å². The summed E-state index contributed by atoms with van der Waals surface area (Å²) in [4.78, 5) is 12.3. The highest BCUT2D eigenvalue weighted by Gasteiger charge is 2.11. The summed E-state index contributed by atoms with van der Waals surface area (Å²) in [6.45, 7) is 3.32. The van der Waals surface area contributed by atoms with Crippen LogP contribution in [-0.4, -0.2) is 24.3 Å². The van der Waals surface area contributed by atoms with E-state index in [0.717, 1.165) is 34.4 Å². The van der Waals surface area contributed by atoms with E-state index < -0.39 is 0 Å². The number of nitrogens with one attached hydrogen (secondary N) is 2. The number of fused-ring (bicyclic) bond motifs is 1. The van der Waals surface area contributed by atoms with Gasteiger partial charge in [0, 0.05) is 30.9 Å². The number of amides is 2. The molecule has 0 spiro atoms. The van der Waals surface area contributed by atoms with Crippen molar-refractivity contribution in [1.29, 1.82) is 0 Å². The molecule has 0 saturated heterocycles. The fourth-order valence-electron chi connectivity index (χ4n) is 2.71. The largest absolute Gasteiger partial charge is 0.383 e. The number of rotatable bonds is 5. The molecule has 3 rings (SSSR count). The number of ether oxygens (including phenoxy) is 1. The van der Waals surface area contributed by atoms with Crippen molar-refractivity contribution in [2.24, 2.45) is 0 Å².